The molecule has 1 rings (SSSR count). The van der Waals surface area contributed by atoms with E-state index in [0.717, 1.165) is 5.56 Å². The van der Waals surface area contributed by atoms with Gasteiger partial charge in [-0.3, -0.25) is 10.1 Å². The lowest BCUT2D eigenvalue weighted by Crippen LogP contribution is -2.15. The number of aliphatic hydroxyl groups is 1. The molecule has 1 N–H and O–H groups in total. The van der Waals surface area contributed by atoms with Crippen LogP contribution in [0, 0.1) is 17.0 Å². The van der Waals surface area contributed by atoms with Gasteiger partial charge in [0, 0.05) is 17.5 Å². The molecule has 0 bridgehead atoms. The third kappa shape index (κ3) is 2.58. The molecule has 2 atom stereocenters. The van der Waals surface area contributed by atoms with Crippen LogP contribution in [0.5, 0.6) is 0 Å². The first-order valence-corrected chi connectivity index (χ1v) is 5.40. The Hall–Kier alpha value is -1.42. The number of hydrogen-bond acceptors (Lipinski definition) is 3. The Morgan fingerprint density at radius 3 is 2.56 bits per heavy atom. The molecule has 0 aliphatic rings. The van der Waals surface area contributed by atoms with Crippen LogP contribution in [0.1, 0.15) is 37.3 Å². The van der Waals surface area contributed by atoms with Gasteiger partial charge in [-0.1, -0.05) is 19.1 Å². The minimum Gasteiger partial charge on any atom is -0.393 e. The van der Waals surface area contributed by atoms with Crippen molar-refractivity contribution in [2.75, 3.05) is 0 Å². The summed E-state index contributed by atoms with van der Waals surface area (Å²) in [5.74, 6) is -0.180. The summed E-state index contributed by atoms with van der Waals surface area (Å²) in [4.78, 5) is 10.6. The fraction of sp³-hybridized carbons (Fsp3) is 0.500. The van der Waals surface area contributed by atoms with E-state index in [2.05, 4.69) is 0 Å². The lowest BCUT2D eigenvalue weighted by molar-refractivity contribution is -0.385. The smallest absolute Gasteiger partial charge is 0.273 e. The Bertz CT molecular complexity index is 388. The van der Waals surface area contributed by atoms with Crippen molar-refractivity contribution in [3.63, 3.8) is 0 Å². The van der Waals surface area contributed by atoms with E-state index in [1.165, 1.54) is 0 Å². The van der Waals surface area contributed by atoms with E-state index in [-0.39, 0.29) is 16.5 Å². The zero-order chi connectivity index (χ0) is 12.3. The molecule has 0 saturated carbocycles. The highest BCUT2D eigenvalue weighted by Gasteiger charge is 2.24. The van der Waals surface area contributed by atoms with Gasteiger partial charge in [0.15, 0.2) is 0 Å². The molecule has 88 valence electrons. The van der Waals surface area contributed by atoms with Crippen LogP contribution in [0.15, 0.2) is 18.2 Å². The van der Waals surface area contributed by atoms with Crippen molar-refractivity contribution in [2.45, 2.75) is 39.2 Å². The van der Waals surface area contributed by atoms with Gasteiger partial charge in [-0.05, 0) is 25.8 Å². The Morgan fingerprint density at radius 2 is 2.12 bits per heavy atom. The molecule has 0 saturated heterocycles. The van der Waals surface area contributed by atoms with Crippen LogP contribution in [0.25, 0.3) is 0 Å². The summed E-state index contributed by atoms with van der Waals surface area (Å²) in [6.07, 6.45) is 0.105. The van der Waals surface area contributed by atoms with Gasteiger partial charge in [0.2, 0.25) is 0 Å². The van der Waals surface area contributed by atoms with E-state index in [9.17, 15) is 15.2 Å². The molecule has 0 aliphatic carbocycles. The molecule has 4 heteroatoms. The maximum Gasteiger partial charge on any atom is 0.273 e. The lowest BCUT2D eigenvalue weighted by Gasteiger charge is -2.18. The minimum absolute atomic E-state index is 0.104. The highest BCUT2D eigenvalue weighted by Crippen LogP contribution is 2.31. The summed E-state index contributed by atoms with van der Waals surface area (Å²) in [6.45, 7) is 5.40. The predicted molar refractivity (Wildman–Crippen MR) is 62.5 cm³/mol. The van der Waals surface area contributed by atoms with Crippen molar-refractivity contribution in [2.24, 2.45) is 0 Å². The monoisotopic (exact) mass is 223 g/mol. The van der Waals surface area contributed by atoms with Crippen LogP contribution in [-0.4, -0.2) is 16.1 Å². The van der Waals surface area contributed by atoms with Gasteiger partial charge >= 0.3 is 0 Å². The predicted octanol–water partition coefficient (Wildman–Crippen LogP) is 2.78. The summed E-state index contributed by atoms with van der Waals surface area (Å²) in [6, 6.07) is 5.14. The number of aliphatic hydroxyl groups excluding tert-OH is 1. The maximum absolute atomic E-state index is 10.9. The van der Waals surface area contributed by atoms with Crippen molar-refractivity contribution < 1.29 is 10.0 Å². The van der Waals surface area contributed by atoms with Crippen molar-refractivity contribution >= 4 is 5.69 Å². The third-order valence-electron chi connectivity index (χ3n) is 2.80. The van der Waals surface area contributed by atoms with Crippen molar-refractivity contribution in [3.05, 3.63) is 39.4 Å². The molecular weight excluding hydrogens is 206 g/mol. The number of rotatable bonds is 4. The fourth-order valence-electron chi connectivity index (χ4n) is 1.95. The minimum atomic E-state index is -0.577. The Morgan fingerprint density at radius 1 is 1.50 bits per heavy atom. The number of aryl methyl sites for hydroxylation is 1. The number of nitrogens with zero attached hydrogens (tertiary/aromatic N) is 1. The molecule has 0 amide bonds. The fourth-order valence-corrected chi connectivity index (χ4v) is 1.95. The quantitative estimate of drug-likeness (QED) is 0.630. The molecular formula is C12H17NO3. The number of hydrogen-bond donors (Lipinski definition) is 1. The number of nitro groups is 1. The van der Waals surface area contributed by atoms with Crippen LogP contribution >= 0.6 is 0 Å². The van der Waals surface area contributed by atoms with Crippen LogP contribution < -0.4 is 0 Å². The first kappa shape index (κ1) is 12.6. The van der Waals surface area contributed by atoms with Gasteiger partial charge in [-0.2, -0.15) is 0 Å². The third-order valence-corrected chi connectivity index (χ3v) is 2.80. The molecule has 0 radical (unpaired) electrons. The molecule has 2 unspecified atom stereocenters. The molecule has 0 aliphatic heterocycles. The van der Waals surface area contributed by atoms with Crippen LogP contribution in [0.4, 0.5) is 5.69 Å². The summed E-state index contributed by atoms with van der Waals surface area (Å²) in [7, 11) is 0. The standard InChI is InChI=1S/C12H17NO3/c1-4-10(9(3)14)11-6-5-8(2)7-12(11)13(15)16/h5-7,9-10,14H,4H2,1-3H3. The Kier molecular flexibility index (Phi) is 4.01. The first-order valence-electron chi connectivity index (χ1n) is 5.40. The van der Waals surface area contributed by atoms with E-state index in [1.807, 2.05) is 19.9 Å². The van der Waals surface area contributed by atoms with Gasteiger partial charge in [0.05, 0.1) is 11.0 Å². The zero-order valence-electron chi connectivity index (χ0n) is 9.80. The first-order chi connectivity index (χ1) is 7.47. The summed E-state index contributed by atoms with van der Waals surface area (Å²) >= 11 is 0. The van der Waals surface area contributed by atoms with Gasteiger partial charge in [0.25, 0.3) is 5.69 Å². The van der Waals surface area contributed by atoms with Crippen molar-refractivity contribution in [1.29, 1.82) is 0 Å². The van der Waals surface area contributed by atoms with Gasteiger partial charge in [-0.15, -0.1) is 0 Å². The molecule has 4 nitrogen and oxygen atoms in total. The highest BCUT2D eigenvalue weighted by atomic mass is 16.6. The van der Waals surface area contributed by atoms with Gasteiger partial charge in [0.1, 0.15) is 0 Å². The Balaban J connectivity index is 3.26. The highest BCUT2D eigenvalue weighted by molar-refractivity contribution is 5.45. The normalized spacial score (nSPS) is 14.5. The van der Waals surface area contributed by atoms with E-state index >= 15 is 0 Å². The average Bonchev–Trinajstić information content (AvgIpc) is 2.20. The second kappa shape index (κ2) is 5.07. The number of nitro benzene ring substituents is 1. The Labute approximate surface area is 95.1 Å². The molecule has 0 fully saturated rings. The van der Waals surface area contributed by atoms with E-state index < -0.39 is 6.10 Å². The van der Waals surface area contributed by atoms with Gasteiger partial charge in [-0.25, -0.2) is 0 Å². The topological polar surface area (TPSA) is 63.4 Å². The second-order valence-corrected chi connectivity index (χ2v) is 4.07. The largest absolute Gasteiger partial charge is 0.393 e. The van der Waals surface area contributed by atoms with Crippen LogP contribution in [0.3, 0.4) is 0 Å². The SMILES string of the molecule is CCC(c1ccc(C)cc1[N+](=O)[O-])C(C)O. The van der Waals surface area contributed by atoms with Crippen LogP contribution in [-0.2, 0) is 0 Å². The summed E-state index contributed by atoms with van der Waals surface area (Å²) < 4.78 is 0. The van der Waals surface area contributed by atoms with Crippen LogP contribution in [0.2, 0.25) is 0 Å². The van der Waals surface area contributed by atoms with E-state index in [4.69, 9.17) is 0 Å². The molecule has 1 aromatic rings. The second-order valence-electron chi connectivity index (χ2n) is 4.07. The number of benzene rings is 1. The van der Waals surface area contributed by atoms with E-state index in [1.54, 1.807) is 19.1 Å². The summed E-state index contributed by atoms with van der Waals surface area (Å²) in [5.41, 5.74) is 1.58. The maximum atomic E-state index is 10.9. The van der Waals surface area contributed by atoms with Crippen molar-refractivity contribution in [1.82, 2.24) is 0 Å². The zero-order valence-corrected chi connectivity index (χ0v) is 9.80. The molecule has 0 aromatic heterocycles. The lowest BCUT2D eigenvalue weighted by atomic mass is 9.90. The molecule has 1 aromatic carbocycles. The van der Waals surface area contributed by atoms with Crippen molar-refractivity contribution in [3.8, 4) is 0 Å². The van der Waals surface area contributed by atoms with E-state index in [0.29, 0.717) is 12.0 Å². The molecule has 16 heavy (non-hydrogen) atoms. The molecule has 0 heterocycles. The molecule has 0 spiro atoms. The van der Waals surface area contributed by atoms with Gasteiger partial charge < -0.3 is 5.11 Å². The summed E-state index contributed by atoms with van der Waals surface area (Å²) in [5, 5.41) is 20.6. The average molecular weight is 223 g/mol.